The Balaban J connectivity index is 0. The molecule has 0 radical (unpaired) electrons. The molecule has 0 spiro atoms. The second-order valence-corrected chi connectivity index (χ2v) is 7.31. The van der Waals surface area contributed by atoms with E-state index < -0.39 is 0 Å². The molecule has 0 aromatic carbocycles. The molecule has 0 saturated heterocycles. The van der Waals surface area contributed by atoms with Gasteiger partial charge in [0, 0.05) is 19.8 Å². The van der Waals surface area contributed by atoms with Crippen LogP contribution in [0.1, 0.15) is 96.8 Å². The van der Waals surface area contributed by atoms with Gasteiger partial charge in [0.05, 0.1) is 0 Å². The fourth-order valence-electron chi connectivity index (χ4n) is 2.71. The van der Waals surface area contributed by atoms with Crippen molar-refractivity contribution in [1.82, 2.24) is 5.32 Å². The molecule has 0 saturated carbocycles. The molecule has 0 amide bonds. The molecular weight excluding hydrogens is 324 g/mol. The predicted octanol–water partition coefficient (Wildman–Crippen LogP) is 6.83. The first kappa shape index (κ1) is 25.4. The first-order valence-electron chi connectivity index (χ1n) is 9.62. The monoisotopic (exact) mass is 364 g/mol. The van der Waals surface area contributed by atoms with Gasteiger partial charge in [-0.3, -0.25) is 4.99 Å². The van der Waals surface area contributed by atoms with Gasteiger partial charge in [-0.2, -0.15) is 0 Å². The topological polar surface area (TPSA) is 24.4 Å². The van der Waals surface area contributed by atoms with Gasteiger partial charge in [-0.1, -0.05) is 102 Å². The summed E-state index contributed by atoms with van der Waals surface area (Å²) in [7, 11) is 3.80. The van der Waals surface area contributed by atoms with Crippen molar-refractivity contribution in [3.8, 4) is 0 Å². The van der Waals surface area contributed by atoms with Crippen molar-refractivity contribution in [2.75, 3.05) is 19.8 Å². The van der Waals surface area contributed by atoms with E-state index in [4.69, 9.17) is 0 Å². The summed E-state index contributed by atoms with van der Waals surface area (Å²) in [6, 6.07) is 0. The molecule has 0 aliphatic rings. The van der Waals surface area contributed by atoms with Gasteiger partial charge >= 0.3 is 0 Å². The molecule has 0 aliphatic heterocycles. The van der Waals surface area contributed by atoms with Crippen LogP contribution in [-0.4, -0.2) is 25.0 Å². The number of unbranched alkanes of at least 4 members (excludes halogenated alkanes) is 13. The van der Waals surface area contributed by atoms with Crippen LogP contribution in [-0.2, 0) is 0 Å². The summed E-state index contributed by atoms with van der Waals surface area (Å²) in [6.45, 7) is 2.29. The Labute approximate surface area is 156 Å². The number of hydrogen-bond acceptors (Lipinski definition) is 2. The average Bonchev–Trinajstić information content (AvgIpc) is 2.55. The Bertz CT molecular complexity index is 248. The molecule has 0 bridgehead atoms. The minimum absolute atomic E-state index is 0. The minimum Gasteiger partial charge on any atom is -0.368 e. The number of rotatable bonds is 15. The van der Waals surface area contributed by atoms with Gasteiger partial charge in [-0.15, -0.1) is 12.4 Å². The fourth-order valence-corrected chi connectivity index (χ4v) is 3.53. The Morgan fingerprint density at radius 2 is 1.13 bits per heavy atom. The predicted molar refractivity (Wildman–Crippen MR) is 112 cm³/mol. The highest BCUT2D eigenvalue weighted by Crippen LogP contribution is 2.14. The van der Waals surface area contributed by atoms with Crippen LogP contribution in [0, 0.1) is 0 Å². The van der Waals surface area contributed by atoms with Gasteiger partial charge in [-0.25, -0.2) is 0 Å². The summed E-state index contributed by atoms with van der Waals surface area (Å²) in [6.07, 6.45) is 20.0. The quantitative estimate of drug-likeness (QED) is 0.195. The van der Waals surface area contributed by atoms with Crippen molar-refractivity contribution in [2.24, 2.45) is 4.99 Å². The van der Waals surface area contributed by atoms with Crippen LogP contribution >= 0.6 is 24.2 Å². The van der Waals surface area contributed by atoms with E-state index >= 15 is 0 Å². The van der Waals surface area contributed by atoms with Crippen molar-refractivity contribution in [3.05, 3.63) is 0 Å². The third-order valence-corrected chi connectivity index (χ3v) is 5.31. The number of thioether (sulfide) groups is 1. The van der Waals surface area contributed by atoms with Crippen molar-refractivity contribution >= 4 is 29.3 Å². The van der Waals surface area contributed by atoms with Crippen molar-refractivity contribution in [2.45, 2.75) is 96.8 Å². The second-order valence-electron chi connectivity index (χ2n) is 6.22. The summed E-state index contributed by atoms with van der Waals surface area (Å²) >= 11 is 1.84. The third-order valence-electron chi connectivity index (χ3n) is 4.15. The van der Waals surface area contributed by atoms with E-state index in [1.54, 1.807) is 0 Å². The van der Waals surface area contributed by atoms with Crippen LogP contribution in [0.3, 0.4) is 0 Å². The van der Waals surface area contributed by atoms with Gasteiger partial charge in [0.1, 0.15) is 0 Å². The maximum atomic E-state index is 4.18. The Morgan fingerprint density at radius 3 is 1.48 bits per heavy atom. The first-order valence-corrected chi connectivity index (χ1v) is 10.6. The zero-order valence-electron chi connectivity index (χ0n) is 15.9. The molecule has 23 heavy (non-hydrogen) atoms. The van der Waals surface area contributed by atoms with Crippen LogP contribution in [0.4, 0.5) is 0 Å². The highest BCUT2D eigenvalue weighted by molar-refractivity contribution is 8.13. The lowest BCUT2D eigenvalue weighted by Gasteiger charge is -2.04. The number of aliphatic imine (C=N–C) groups is 1. The second kappa shape index (κ2) is 22.1. The number of nitrogens with zero attached hydrogens (tertiary/aromatic N) is 1. The van der Waals surface area contributed by atoms with E-state index in [9.17, 15) is 0 Å². The molecule has 0 atom stereocenters. The molecule has 2 nitrogen and oxygen atoms in total. The van der Waals surface area contributed by atoms with Crippen LogP contribution in [0.2, 0.25) is 0 Å². The number of hydrogen-bond donors (Lipinski definition) is 1. The SMILES string of the molecule is CCCCCCCCCCCCCCCCSC(=NC)NC.Cl. The van der Waals surface area contributed by atoms with E-state index in [0.717, 1.165) is 5.17 Å². The van der Waals surface area contributed by atoms with Crippen molar-refractivity contribution < 1.29 is 0 Å². The largest absolute Gasteiger partial charge is 0.368 e. The van der Waals surface area contributed by atoms with E-state index in [1.165, 1.54) is 95.6 Å². The van der Waals surface area contributed by atoms with Crippen LogP contribution < -0.4 is 5.32 Å². The lowest BCUT2D eigenvalue weighted by molar-refractivity contribution is 0.538. The standard InChI is InChI=1S/C19H40N2S.ClH/c1-4-5-6-7-8-9-10-11-12-13-14-15-16-17-18-22-19(20-2)21-3;/h4-18H2,1-3H3,(H,20,21);1H. The summed E-state index contributed by atoms with van der Waals surface area (Å²) in [5, 5.41) is 4.18. The lowest BCUT2D eigenvalue weighted by Crippen LogP contribution is -2.14. The zero-order valence-corrected chi connectivity index (χ0v) is 17.5. The molecule has 140 valence electrons. The molecule has 1 N–H and O–H groups in total. The number of halogens is 1. The lowest BCUT2D eigenvalue weighted by atomic mass is 10.0. The fraction of sp³-hybridized carbons (Fsp3) is 0.947. The van der Waals surface area contributed by atoms with Gasteiger partial charge in [-0.05, 0) is 6.42 Å². The van der Waals surface area contributed by atoms with Crippen LogP contribution in [0.5, 0.6) is 0 Å². The van der Waals surface area contributed by atoms with Crippen LogP contribution in [0.15, 0.2) is 4.99 Å². The van der Waals surface area contributed by atoms with E-state index in [0.29, 0.717) is 0 Å². The van der Waals surface area contributed by atoms with Crippen molar-refractivity contribution in [3.63, 3.8) is 0 Å². The molecule has 0 aliphatic carbocycles. The minimum atomic E-state index is 0. The highest BCUT2D eigenvalue weighted by Gasteiger charge is 1.96. The molecule has 0 fully saturated rings. The Morgan fingerprint density at radius 1 is 0.739 bits per heavy atom. The first-order chi connectivity index (χ1) is 10.8. The molecule has 0 aromatic rings. The van der Waals surface area contributed by atoms with E-state index in [2.05, 4.69) is 17.2 Å². The summed E-state index contributed by atoms with van der Waals surface area (Å²) < 4.78 is 0. The third kappa shape index (κ3) is 20.1. The van der Waals surface area contributed by atoms with Gasteiger partial charge in [0.25, 0.3) is 0 Å². The molecule has 0 aromatic heterocycles. The van der Waals surface area contributed by atoms with Gasteiger partial charge < -0.3 is 5.32 Å². The molecule has 0 unspecified atom stereocenters. The van der Waals surface area contributed by atoms with E-state index in [-0.39, 0.29) is 12.4 Å². The normalized spacial score (nSPS) is 11.3. The smallest absolute Gasteiger partial charge is 0.156 e. The molecule has 4 heteroatoms. The van der Waals surface area contributed by atoms with Crippen LogP contribution in [0.25, 0.3) is 0 Å². The average molecular weight is 365 g/mol. The van der Waals surface area contributed by atoms with Gasteiger partial charge in [0.2, 0.25) is 0 Å². The molecule has 0 heterocycles. The number of nitrogens with one attached hydrogen (secondary N) is 1. The van der Waals surface area contributed by atoms with Gasteiger partial charge in [0.15, 0.2) is 5.17 Å². The summed E-state index contributed by atoms with van der Waals surface area (Å²) in [5.41, 5.74) is 0. The maximum Gasteiger partial charge on any atom is 0.156 e. The molecular formula is C19H41ClN2S. The Hall–Kier alpha value is 0.110. The van der Waals surface area contributed by atoms with E-state index in [1.807, 2.05) is 25.9 Å². The summed E-state index contributed by atoms with van der Waals surface area (Å²) in [4.78, 5) is 4.18. The summed E-state index contributed by atoms with van der Waals surface area (Å²) in [5.74, 6) is 1.20. The maximum absolute atomic E-state index is 4.18. The Kier molecular flexibility index (Phi) is 24.4. The van der Waals surface area contributed by atoms with Crippen molar-refractivity contribution in [1.29, 1.82) is 0 Å². The zero-order chi connectivity index (χ0) is 16.3. The highest BCUT2D eigenvalue weighted by atomic mass is 35.5. The molecule has 0 rings (SSSR count). The number of amidine groups is 1.